The largest absolute Gasteiger partial charge is 0.459 e. The molecule has 0 aliphatic carbocycles. The van der Waals surface area contributed by atoms with E-state index in [1.807, 2.05) is 43.1 Å². The number of likely N-dealkylation sites (N-methyl/N-ethyl adjacent to an activating group) is 1. The Hall–Kier alpha value is -3.86. The molecule has 0 bridgehead atoms. The van der Waals surface area contributed by atoms with Gasteiger partial charge in [0.25, 0.3) is 0 Å². The Morgan fingerprint density at radius 2 is 1.66 bits per heavy atom. The molecule has 1 aromatic heterocycles. The molecule has 23 nitrogen and oxygen atoms in total. The van der Waals surface area contributed by atoms with Crippen LogP contribution in [0.4, 0.5) is 4.39 Å². The van der Waals surface area contributed by atoms with Crippen LogP contribution in [0.25, 0.3) is 0 Å². The van der Waals surface area contributed by atoms with Gasteiger partial charge in [0.15, 0.2) is 18.7 Å². The minimum Gasteiger partial charge on any atom is -0.459 e. The second kappa shape index (κ2) is 28.1. The number of aromatic nitrogens is 3. The van der Waals surface area contributed by atoms with Crippen molar-refractivity contribution in [2.24, 2.45) is 34.0 Å². The number of methoxy groups -OCH3 is 3. The maximum absolute atomic E-state index is 15.0. The van der Waals surface area contributed by atoms with E-state index in [-0.39, 0.29) is 44.5 Å². The molecule has 0 amide bonds. The highest BCUT2D eigenvalue weighted by molar-refractivity contribution is 6.01. The van der Waals surface area contributed by atoms with E-state index in [1.165, 1.54) is 32.9 Å². The summed E-state index contributed by atoms with van der Waals surface area (Å²) in [6, 6.07) is 5.98. The van der Waals surface area contributed by atoms with Gasteiger partial charge in [-0.1, -0.05) is 67.5 Å². The van der Waals surface area contributed by atoms with Gasteiger partial charge in [-0.25, -0.2) is 9.07 Å². The summed E-state index contributed by atoms with van der Waals surface area (Å²) in [6.45, 7) is 15.9. The average Bonchev–Trinajstić information content (AvgIpc) is 4.12. The maximum Gasteiger partial charge on any atom is 0.311 e. The van der Waals surface area contributed by atoms with Crippen molar-refractivity contribution in [3.63, 3.8) is 0 Å². The van der Waals surface area contributed by atoms with Gasteiger partial charge in [-0.05, 0) is 79.0 Å². The lowest BCUT2D eigenvalue weighted by molar-refractivity contribution is -0.318. The van der Waals surface area contributed by atoms with Crippen LogP contribution >= 0.6 is 0 Å². The Morgan fingerprint density at radius 1 is 0.963 bits per heavy atom. The van der Waals surface area contributed by atoms with Crippen LogP contribution in [0.3, 0.4) is 0 Å². The van der Waals surface area contributed by atoms with Crippen LogP contribution in [-0.2, 0) is 58.8 Å². The minimum atomic E-state index is -2.01. The number of halogens is 1. The van der Waals surface area contributed by atoms with Crippen LogP contribution in [0.15, 0.2) is 40.8 Å². The van der Waals surface area contributed by atoms with E-state index in [1.54, 1.807) is 61.6 Å². The molecule has 24 heteroatoms. The normalized spacial score (nSPS) is 39.0. The van der Waals surface area contributed by atoms with Gasteiger partial charge in [-0.3, -0.25) is 4.79 Å². The molecule has 21 atom stereocenters. The summed E-state index contributed by atoms with van der Waals surface area (Å²) in [5.74, 6) is -4.45. The third-order valence-corrected chi connectivity index (χ3v) is 17.0. The van der Waals surface area contributed by atoms with Gasteiger partial charge in [0.2, 0.25) is 6.79 Å². The summed E-state index contributed by atoms with van der Waals surface area (Å²) in [5, 5.41) is 87.2. The molecule has 4 aliphatic heterocycles. The fourth-order valence-corrected chi connectivity index (χ4v) is 12.1. The van der Waals surface area contributed by atoms with E-state index in [0.29, 0.717) is 42.8 Å². The van der Waals surface area contributed by atoms with Gasteiger partial charge in [0.05, 0.1) is 71.4 Å². The highest BCUT2D eigenvalue weighted by atomic mass is 19.1. The Labute approximate surface area is 469 Å². The van der Waals surface area contributed by atoms with E-state index in [0.717, 1.165) is 5.56 Å². The smallest absolute Gasteiger partial charge is 0.311 e. The average molecular weight is 1140 g/mol. The van der Waals surface area contributed by atoms with E-state index in [2.05, 4.69) is 20.6 Å². The number of carbonyl (C=O) groups is 1. The van der Waals surface area contributed by atoms with E-state index < -0.39 is 133 Å². The molecule has 454 valence electrons. The van der Waals surface area contributed by atoms with Crippen molar-refractivity contribution in [2.75, 3.05) is 55.0 Å². The SMILES string of the molecule is CC[C@H]1OC(=O)[C@H](C)[C@@H](O[C@H]2C[C@@](C)(OC)[C@@H](O)[C@H](C)O2)[C@H](C)[C@@H](O[C@@H]2O[C@H](C)C[C@H](N(C)CCc3cn([C@H](CF)[C@H](OC)c4ccc(C5=NOC(CO)C5)cc4)nn3)[C@H]2O)[C@](C)(O)C[C@@H](C)/C(=N\OCOC)[C@H](C)[C@@H](O)[C@]1(C)O. The molecule has 6 N–H and O–H groups in total. The van der Waals surface area contributed by atoms with E-state index >= 15 is 0 Å². The van der Waals surface area contributed by atoms with Gasteiger partial charge in [0.1, 0.15) is 42.7 Å². The standard InChI is InChI=1S/C56H91FN6O17/c1-15-43-56(10,70)49(66)32(4)45(60-74-29-71-12)30(2)24-54(8,69)51(33(5)47(34(6)52(68)77-43)78-44-25-55(9,73-14)50(67)35(7)76-44)79-53-46(65)41(22-31(3)75-53)62(11)21-20-38-27-63(61-58-38)42(26-57)48(72-13)37-18-16-36(17-19-37)40-23-39(28-64)80-59-40/h16-19,27,30-35,39,41-44,46-51,53,64-67,69-70H,15,20-26,28-29H2,1-14H3/b60-45+/t30-,31-,32+,33+,34-,35+,39?,41+,42-,43-,44+,46-,47+,48-,49-,50+,51-,53+,54-,55-,56-/m1/s1. The Balaban J connectivity index is 1.28. The number of aliphatic hydroxyl groups is 6. The number of oxime groups is 2. The molecule has 6 rings (SSSR count). The van der Waals surface area contributed by atoms with Gasteiger partial charge in [-0.15, -0.1) is 5.10 Å². The summed E-state index contributed by atoms with van der Waals surface area (Å²) in [4.78, 5) is 27.3. The monoisotopic (exact) mass is 1140 g/mol. The van der Waals surface area contributed by atoms with Crippen molar-refractivity contribution in [3.05, 3.63) is 47.3 Å². The number of rotatable bonds is 20. The number of cyclic esters (lactones) is 1. The zero-order valence-electron chi connectivity index (χ0n) is 49.1. The minimum absolute atomic E-state index is 0.0449. The first kappa shape index (κ1) is 65.3. The lowest BCUT2D eigenvalue weighted by Crippen LogP contribution is -2.61. The number of hydrogen-bond donors (Lipinski definition) is 6. The number of hydrogen-bond acceptors (Lipinski definition) is 22. The number of benzene rings is 1. The van der Waals surface area contributed by atoms with Gasteiger partial charge in [-0.2, -0.15) is 0 Å². The van der Waals surface area contributed by atoms with Crippen molar-refractivity contribution < 1.29 is 87.4 Å². The molecular weight excluding hydrogens is 1050 g/mol. The molecule has 2 aromatic rings. The van der Waals surface area contributed by atoms with Crippen molar-refractivity contribution in [3.8, 4) is 0 Å². The number of esters is 1. The van der Waals surface area contributed by atoms with Gasteiger partial charge < -0.3 is 83.1 Å². The molecule has 0 spiro atoms. The molecule has 1 unspecified atom stereocenters. The second-order valence-corrected chi connectivity index (χ2v) is 23.2. The Kier molecular flexibility index (Phi) is 23.0. The van der Waals surface area contributed by atoms with Crippen molar-refractivity contribution in [2.45, 2.75) is 210 Å². The first-order valence-electron chi connectivity index (χ1n) is 28.0. The zero-order valence-corrected chi connectivity index (χ0v) is 49.1. The summed E-state index contributed by atoms with van der Waals surface area (Å²) in [7, 11) is 6.26. The number of nitrogens with zero attached hydrogens (tertiary/aromatic N) is 6. The second-order valence-electron chi connectivity index (χ2n) is 23.2. The van der Waals surface area contributed by atoms with Gasteiger partial charge >= 0.3 is 5.97 Å². The fraction of sp³-hybridized carbons (Fsp3) is 0.804. The quantitative estimate of drug-likeness (QED) is 0.0476. The third kappa shape index (κ3) is 14.9. The van der Waals surface area contributed by atoms with Crippen LogP contribution in [0, 0.1) is 23.7 Å². The van der Waals surface area contributed by atoms with Crippen LogP contribution in [0.1, 0.15) is 130 Å². The molecule has 80 heavy (non-hydrogen) atoms. The van der Waals surface area contributed by atoms with Crippen molar-refractivity contribution >= 4 is 17.4 Å². The maximum atomic E-state index is 15.0. The number of ether oxygens (including phenoxy) is 8. The predicted molar refractivity (Wildman–Crippen MR) is 289 cm³/mol. The number of aliphatic hydroxyl groups excluding tert-OH is 4. The van der Waals surface area contributed by atoms with Gasteiger partial charge in [0, 0.05) is 77.1 Å². The Morgan fingerprint density at radius 3 is 2.27 bits per heavy atom. The molecule has 4 aliphatic rings. The summed E-state index contributed by atoms with van der Waals surface area (Å²) >= 11 is 0. The molecule has 5 heterocycles. The molecule has 3 saturated heterocycles. The lowest BCUT2D eigenvalue weighted by atomic mass is 9.73. The van der Waals surface area contributed by atoms with Crippen LogP contribution in [0.2, 0.25) is 0 Å². The lowest BCUT2D eigenvalue weighted by Gasteiger charge is -2.49. The summed E-state index contributed by atoms with van der Waals surface area (Å²) in [5.41, 5.74) is -1.92. The summed E-state index contributed by atoms with van der Waals surface area (Å²) in [6.07, 6.45) is -9.32. The van der Waals surface area contributed by atoms with Crippen molar-refractivity contribution in [1.82, 2.24) is 19.9 Å². The molecule has 1 aromatic carbocycles. The zero-order chi connectivity index (χ0) is 59.0. The fourth-order valence-electron chi connectivity index (χ4n) is 12.1. The highest BCUT2D eigenvalue weighted by Gasteiger charge is 2.54. The van der Waals surface area contributed by atoms with E-state index in [4.69, 9.17) is 47.6 Å². The number of alkyl halides is 1. The van der Waals surface area contributed by atoms with E-state index in [9.17, 15) is 39.8 Å². The summed E-state index contributed by atoms with van der Waals surface area (Å²) < 4.78 is 65.7. The molecule has 0 radical (unpaired) electrons. The van der Waals surface area contributed by atoms with Crippen molar-refractivity contribution in [1.29, 1.82) is 0 Å². The predicted octanol–water partition coefficient (Wildman–Crippen LogP) is 3.78. The molecule has 0 saturated carbocycles. The first-order chi connectivity index (χ1) is 37.8. The Bertz CT molecular complexity index is 2330. The number of carbonyl (C=O) groups excluding carboxylic acids is 1. The molecular formula is C56H91FN6O17. The van der Waals surface area contributed by atoms with Crippen LogP contribution in [0.5, 0.6) is 0 Å². The third-order valence-electron chi connectivity index (χ3n) is 17.0. The van der Waals surface area contributed by atoms with Crippen LogP contribution in [-0.4, -0.2) is 213 Å². The van der Waals surface area contributed by atoms with Crippen LogP contribution < -0.4 is 0 Å². The topological polar surface area (TPSA) is 289 Å². The highest BCUT2D eigenvalue weighted by Crippen LogP contribution is 2.41. The molecule has 3 fully saturated rings. The first-order valence-corrected chi connectivity index (χ1v) is 28.0.